The Morgan fingerprint density at radius 2 is 2.24 bits per heavy atom. The highest BCUT2D eigenvalue weighted by molar-refractivity contribution is 7.89. The first-order valence-electron chi connectivity index (χ1n) is 6.66. The van der Waals surface area contributed by atoms with E-state index in [4.69, 9.17) is 4.42 Å². The lowest BCUT2D eigenvalue weighted by Crippen LogP contribution is -2.27. The molecule has 2 aromatic heterocycles. The van der Waals surface area contributed by atoms with E-state index in [9.17, 15) is 8.42 Å². The number of aromatic nitrogens is 3. The summed E-state index contributed by atoms with van der Waals surface area (Å²) in [5.41, 5.74) is 0. The minimum absolute atomic E-state index is 0.175. The van der Waals surface area contributed by atoms with Crippen LogP contribution in [0.5, 0.6) is 0 Å². The summed E-state index contributed by atoms with van der Waals surface area (Å²) in [6.07, 6.45) is 3.22. The Morgan fingerprint density at radius 3 is 2.90 bits per heavy atom. The molecular weight excluding hydrogens is 294 g/mol. The lowest BCUT2D eigenvalue weighted by atomic mass is 10.4. The number of furan rings is 1. The Morgan fingerprint density at radius 1 is 1.43 bits per heavy atom. The second-order valence-electron chi connectivity index (χ2n) is 4.48. The van der Waals surface area contributed by atoms with Gasteiger partial charge in [-0.3, -0.25) is 4.68 Å². The molecule has 0 saturated carbocycles. The van der Waals surface area contributed by atoms with E-state index in [0.717, 1.165) is 6.54 Å². The van der Waals surface area contributed by atoms with Crippen LogP contribution in [0.25, 0.3) is 0 Å². The number of nitrogens with zero attached hydrogens (tertiary/aromatic N) is 3. The van der Waals surface area contributed by atoms with Crippen molar-refractivity contribution in [1.29, 1.82) is 0 Å². The molecule has 0 radical (unpaired) electrons. The van der Waals surface area contributed by atoms with Crippen LogP contribution >= 0.6 is 0 Å². The van der Waals surface area contributed by atoms with Gasteiger partial charge < -0.3 is 9.73 Å². The van der Waals surface area contributed by atoms with E-state index >= 15 is 0 Å². The Labute approximate surface area is 123 Å². The Kier molecular flexibility index (Phi) is 5.10. The van der Waals surface area contributed by atoms with Crippen molar-refractivity contribution in [3.63, 3.8) is 0 Å². The monoisotopic (exact) mass is 313 g/mol. The minimum atomic E-state index is -3.58. The van der Waals surface area contributed by atoms with Crippen molar-refractivity contribution in [2.45, 2.75) is 31.8 Å². The second-order valence-corrected chi connectivity index (χ2v) is 6.21. The van der Waals surface area contributed by atoms with Gasteiger partial charge >= 0.3 is 0 Å². The number of nitrogens with one attached hydrogen (secondary N) is 2. The third kappa shape index (κ3) is 4.13. The topological polar surface area (TPSA) is 102 Å². The van der Waals surface area contributed by atoms with Gasteiger partial charge in [0.2, 0.25) is 10.0 Å². The van der Waals surface area contributed by atoms with Crippen LogP contribution in [-0.4, -0.2) is 36.5 Å². The molecule has 21 heavy (non-hydrogen) atoms. The summed E-state index contributed by atoms with van der Waals surface area (Å²) in [7, 11) is -3.58. The van der Waals surface area contributed by atoms with Crippen LogP contribution < -0.4 is 10.0 Å². The van der Waals surface area contributed by atoms with E-state index in [0.29, 0.717) is 24.6 Å². The predicted octanol–water partition coefficient (Wildman–Crippen LogP) is 0.268. The number of aryl methyl sites for hydroxylation is 1. The molecule has 2 aromatic rings. The van der Waals surface area contributed by atoms with Crippen molar-refractivity contribution < 1.29 is 12.8 Å². The summed E-state index contributed by atoms with van der Waals surface area (Å²) in [4.78, 5) is 0.175. The van der Waals surface area contributed by atoms with Crippen molar-refractivity contribution in [1.82, 2.24) is 25.0 Å². The van der Waals surface area contributed by atoms with Crippen LogP contribution in [-0.2, 0) is 23.1 Å². The molecule has 0 atom stereocenters. The van der Waals surface area contributed by atoms with Crippen LogP contribution in [0.1, 0.15) is 18.4 Å². The lowest BCUT2D eigenvalue weighted by Gasteiger charge is -2.05. The smallest absolute Gasteiger partial charge is 0.244 e. The molecule has 0 unspecified atom stereocenters. The van der Waals surface area contributed by atoms with Gasteiger partial charge in [0.05, 0.1) is 19.3 Å². The predicted molar refractivity (Wildman–Crippen MR) is 76.0 cm³/mol. The molecule has 2 N–H and O–H groups in total. The van der Waals surface area contributed by atoms with Crippen molar-refractivity contribution in [3.05, 3.63) is 30.0 Å². The molecule has 2 rings (SSSR count). The van der Waals surface area contributed by atoms with Crippen LogP contribution in [0.3, 0.4) is 0 Å². The standard InChI is InChI=1S/C12H19N5O3S/c1-3-13-9-11-8-12(10(2)20-11)21(18,19)15-5-7-17-6-4-14-16-17/h4,6,8,13,15H,3,5,7,9H2,1-2H3. The van der Waals surface area contributed by atoms with E-state index in [1.165, 1.54) is 0 Å². The zero-order valence-electron chi connectivity index (χ0n) is 12.0. The first-order chi connectivity index (χ1) is 10.0. The van der Waals surface area contributed by atoms with Crippen molar-refractivity contribution in [2.24, 2.45) is 0 Å². The summed E-state index contributed by atoms with van der Waals surface area (Å²) >= 11 is 0. The van der Waals surface area contributed by atoms with Gasteiger partial charge in [-0.15, -0.1) is 5.10 Å². The molecule has 0 amide bonds. The average molecular weight is 313 g/mol. The van der Waals surface area contributed by atoms with Gasteiger partial charge in [0.15, 0.2) is 0 Å². The molecule has 0 saturated heterocycles. The molecule has 0 aliphatic heterocycles. The van der Waals surface area contributed by atoms with E-state index in [2.05, 4.69) is 20.4 Å². The fourth-order valence-electron chi connectivity index (χ4n) is 1.85. The fourth-order valence-corrected chi connectivity index (χ4v) is 3.07. The molecular formula is C12H19N5O3S. The fraction of sp³-hybridized carbons (Fsp3) is 0.500. The molecule has 2 heterocycles. The quantitative estimate of drug-likeness (QED) is 0.725. The summed E-state index contributed by atoms with van der Waals surface area (Å²) in [5.74, 6) is 0.988. The maximum absolute atomic E-state index is 12.2. The largest absolute Gasteiger partial charge is 0.464 e. The molecule has 0 bridgehead atoms. The highest BCUT2D eigenvalue weighted by Gasteiger charge is 2.20. The van der Waals surface area contributed by atoms with Gasteiger partial charge in [0.25, 0.3) is 0 Å². The zero-order chi connectivity index (χ0) is 15.3. The Bertz CT molecular complexity index is 663. The van der Waals surface area contributed by atoms with E-state index in [-0.39, 0.29) is 11.4 Å². The van der Waals surface area contributed by atoms with Gasteiger partial charge in [-0.05, 0) is 13.5 Å². The maximum Gasteiger partial charge on any atom is 0.244 e. The molecule has 8 nitrogen and oxygen atoms in total. The van der Waals surface area contributed by atoms with Crippen LogP contribution in [0.4, 0.5) is 0 Å². The third-order valence-corrected chi connectivity index (χ3v) is 4.44. The highest BCUT2D eigenvalue weighted by atomic mass is 32.2. The van der Waals surface area contributed by atoms with E-state index in [1.807, 2.05) is 6.92 Å². The minimum Gasteiger partial charge on any atom is -0.464 e. The molecule has 9 heteroatoms. The van der Waals surface area contributed by atoms with Gasteiger partial charge in [-0.2, -0.15) is 0 Å². The normalized spacial score (nSPS) is 11.9. The van der Waals surface area contributed by atoms with Crippen LogP contribution in [0, 0.1) is 6.92 Å². The van der Waals surface area contributed by atoms with E-state index in [1.54, 1.807) is 30.1 Å². The van der Waals surface area contributed by atoms with Gasteiger partial charge in [0.1, 0.15) is 16.4 Å². The number of rotatable bonds is 8. The summed E-state index contributed by atoms with van der Waals surface area (Å²) in [5, 5.41) is 10.5. The molecule has 0 aromatic carbocycles. The summed E-state index contributed by atoms with van der Waals surface area (Å²) < 4.78 is 34.0. The summed E-state index contributed by atoms with van der Waals surface area (Å²) in [6, 6.07) is 1.55. The first-order valence-corrected chi connectivity index (χ1v) is 8.15. The first kappa shape index (κ1) is 15.7. The molecule has 0 fully saturated rings. The number of hydrogen-bond donors (Lipinski definition) is 2. The van der Waals surface area contributed by atoms with Crippen LogP contribution in [0.2, 0.25) is 0 Å². The van der Waals surface area contributed by atoms with Crippen molar-refractivity contribution in [3.8, 4) is 0 Å². The van der Waals surface area contributed by atoms with E-state index < -0.39 is 10.0 Å². The summed E-state index contributed by atoms with van der Waals surface area (Å²) in [6.45, 7) is 5.56. The van der Waals surface area contributed by atoms with Gasteiger partial charge in [-0.25, -0.2) is 13.1 Å². The maximum atomic E-state index is 12.2. The van der Waals surface area contributed by atoms with Crippen molar-refractivity contribution in [2.75, 3.05) is 13.1 Å². The molecule has 116 valence electrons. The molecule has 0 aliphatic rings. The number of hydrogen-bond acceptors (Lipinski definition) is 6. The van der Waals surface area contributed by atoms with Crippen molar-refractivity contribution >= 4 is 10.0 Å². The number of sulfonamides is 1. The van der Waals surface area contributed by atoms with Gasteiger partial charge in [-0.1, -0.05) is 12.1 Å². The highest BCUT2D eigenvalue weighted by Crippen LogP contribution is 2.19. The molecule has 0 aliphatic carbocycles. The van der Waals surface area contributed by atoms with Gasteiger partial charge in [0, 0.05) is 18.8 Å². The Hall–Kier alpha value is -1.71. The SMILES string of the molecule is CCNCc1cc(S(=O)(=O)NCCn2ccnn2)c(C)o1. The second kappa shape index (κ2) is 6.83. The lowest BCUT2D eigenvalue weighted by molar-refractivity contribution is 0.460. The third-order valence-electron chi connectivity index (χ3n) is 2.87. The Balaban J connectivity index is 1.99. The average Bonchev–Trinajstić information content (AvgIpc) is 3.06. The molecule has 0 spiro atoms. The zero-order valence-corrected chi connectivity index (χ0v) is 12.9. The van der Waals surface area contributed by atoms with Crippen LogP contribution in [0.15, 0.2) is 27.8 Å².